The molecule has 0 spiro atoms. The molecule has 0 saturated carbocycles. The minimum Gasteiger partial charge on any atom is -0.494 e. The molecule has 2 aromatic carbocycles. The van der Waals surface area contributed by atoms with Gasteiger partial charge in [0.25, 0.3) is 11.8 Å². The molecule has 30 heavy (non-hydrogen) atoms. The van der Waals surface area contributed by atoms with E-state index in [2.05, 4.69) is 24.0 Å². The molecule has 0 aromatic heterocycles. The lowest BCUT2D eigenvalue weighted by molar-refractivity contribution is -0.139. The minimum absolute atomic E-state index is 0.193. The van der Waals surface area contributed by atoms with Crippen LogP contribution in [0.15, 0.2) is 54.2 Å². The number of carbonyl (C=O) groups is 2. The van der Waals surface area contributed by atoms with Crippen molar-refractivity contribution in [3.05, 3.63) is 70.9 Å². The minimum atomic E-state index is -0.217. The van der Waals surface area contributed by atoms with Gasteiger partial charge in [-0.15, -0.1) is 0 Å². The topological polar surface area (TPSA) is 49.9 Å². The summed E-state index contributed by atoms with van der Waals surface area (Å²) in [5, 5.41) is 0. The molecule has 2 amide bonds. The highest BCUT2D eigenvalue weighted by Crippen LogP contribution is 2.35. The van der Waals surface area contributed by atoms with Crippen molar-refractivity contribution >= 4 is 17.4 Å². The number of imide groups is 1. The SMILES string of the molecule is CCCOc1ccc(C2=C(N3CCc4ccccc4C3)C(=O)N(C(C)C)C2=O)cc1. The van der Waals surface area contributed by atoms with Gasteiger partial charge >= 0.3 is 0 Å². The molecular weight excluding hydrogens is 376 g/mol. The molecular formula is C25H28N2O3. The van der Waals surface area contributed by atoms with E-state index >= 15 is 0 Å². The van der Waals surface area contributed by atoms with Crippen LogP contribution in [-0.4, -0.2) is 40.8 Å². The van der Waals surface area contributed by atoms with Gasteiger partial charge in [0.1, 0.15) is 11.4 Å². The zero-order valence-corrected chi connectivity index (χ0v) is 17.9. The number of hydrogen-bond acceptors (Lipinski definition) is 4. The zero-order chi connectivity index (χ0) is 21.3. The smallest absolute Gasteiger partial charge is 0.278 e. The molecule has 0 N–H and O–H groups in total. The van der Waals surface area contributed by atoms with Crippen LogP contribution in [0, 0.1) is 0 Å². The van der Waals surface area contributed by atoms with Crippen molar-refractivity contribution in [2.45, 2.75) is 46.2 Å². The summed E-state index contributed by atoms with van der Waals surface area (Å²) in [6, 6.07) is 15.6. The first kappa shape index (κ1) is 20.2. The number of benzene rings is 2. The summed E-state index contributed by atoms with van der Waals surface area (Å²) in [5.41, 5.74) is 4.29. The molecule has 2 aliphatic rings. The van der Waals surface area contributed by atoms with Gasteiger partial charge in [-0.3, -0.25) is 14.5 Å². The first-order valence-electron chi connectivity index (χ1n) is 10.7. The van der Waals surface area contributed by atoms with Crippen LogP contribution in [0.25, 0.3) is 5.57 Å². The van der Waals surface area contributed by atoms with Crippen LogP contribution in [0.3, 0.4) is 0 Å². The Balaban J connectivity index is 1.74. The predicted molar refractivity (Wildman–Crippen MR) is 117 cm³/mol. The summed E-state index contributed by atoms with van der Waals surface area (Å²) >= 11 is 0. The highest BCUT2D eigenvalue weighted by Gasteiger charge is 2.43. The molecule has 0 bridgehead atoms. The van der Waals surface area contributed by atoms with E-state index in [-0.39, 0.29) is 17.9 Å². The third-order valence-corrected chi connectivity index (χ3v) is 5.67. The lowest BCUT2D eigenvalue weighted by Crippen LogP contribution is -2.40. The van der Waals surface area contributed by atoms with Crippen LogP contribution < -0.4 is 4.74 Å². The highest BCUT2D eigenvalue weighted by atomic mass is 16.5. The number of hydrogen-bond donors (Lipinski definition) is 0. The molecule has 4 rings (SSSR count). The van der Waals surface area contributed by atoms with Crippen molar-refractivity contribution < 1.29 is 14.3 Å². The maximum absolute atomic E-state index is 13.3. The molecule has 0 saturated heterocycles. The molecule has 0 aliphatic carbocycles. The molecule has 156 valence electrons. The fraction of sp³-hybridized carbons (Fsp3) is 0.360. The Morgan fingerprint density at radius 3 is 2.33 bits per heavy atom. The predicted octanol–water partition coefficient (Wildman–Crippen LogP) is 4.02. The molecule has 2 aliphatic heterocycles. The zero-order valence-electron chi connectivity index (χ0n) is 17.9. The average Bonchev–Trinajstić information content (AvgIpc) is 3.02. The van der Waals surface area contributed by atoms with E-state index in [0.29, 0.717) is 24.4 Å². The summed E-state index contributed by atoms with van der Waals surface area (Å²) in [5.74, 6) is 0.355. The number of fused-ring (bicyclic) bond motifs is 1. The summed E-state index contributed by atoms with van der Waals surface area (Å²) in [7, 11) is 0. The quantitative estimate of drug-likeness (QED) is 0.683. The molecule has 5 heteroatoms. The average molecular weight is 405 g/mol. The Labute approximate surface area is 177 Å². The Morgan fingerprint density at radius 2 is 1.67 bits per heavy atom. The fourth-order valence-electron chi connectivity index (χ4n) is 4.18. The van der Waals surface area contributed by atoms with Crippen molar-refractivity contribution in [3.63, 3.8) is 0 Å². The number of rotatable bonds is 6. The third kappa shape index (κ3) is 3.60. The largest absolute Gasteiger partial charge is 0.494 e. The van der Waals surface area contributed by atoms with Crippen LogP contribution in [0.5, 0.6) is 5.75 Å². The second-order valence-electron chi connectivity index (χ2n) is 8.11. The number of nitrogens with zero attached hydrogens (tertiary/aromatic N) is 2. The number of ether oxygens (including phenoxy) is 1. The summed E-state index contributed by atoms with van der Waals surface area (Å²) < 4.78 is 5.67. The van der Waals surface area contributed by atoms with Crippen LogP contribution >= 0.6 is 0 Å². The normalized spacial score (nSPS) is 16.5. The second-order valence-corrected chi connectivity index (χ2v) is 8.11. The summed E-state index contributed by atoms with van der Waals surface area (Å²) in [4.78, 5) is 30.1. The fourth-order valence-corrected chi connectivity index (χ4v) is 4.18. The van der Waals surface area contributed by atoms with E-state index in [9.17, 15) is 9.59 Å². The molecule has 2 heterocycles. The van der Waals surface area contributed by atoms with Gasteiger partial charge in [-0.2, -0.15) is 0 Å². The Morgan fingerprint density at radius 1 is 0.967 bits per heavy atom. The van der Waals surface area contributed by atoms with Crippen LogP contribution in [-0.2, 0) is 22.6 Å². The third-order valence-electron chi connectivity index (χ3n) is 5.67. The van der Waals surface area contributed by atoms with Crippen molar-refractivity contribution in [1.29, 1.82) is 0 Å². The summed E-state index contributed by atoms with van der Waals surface area (Å²) in [6.07, 6.45) is 1.80. The van der Waals surface area contributed by atoms with Crippen molar-refractivity contribution in [2.75, 3.05) is 13.2 Å². The van der Waals surface area contributed by atoms with E-state index in [4.69, 9.17) is 4.74 Å². The van der Waals surface area contributed by atoms with Crippen LogP contribution in [0.1, 0.15) is 43.9 Å². The van der Waals surface area contributed by atoms with Gasteiger partial charge in [-0.1, -0.05) is 43.3 Å². The van der Waals surface area contributed by atoms with Gasteiger partial charge in [0.05, 0.1) is 12.2 Å². The lowest BCUT2D eigenvalue weighted by atomic mass is 9.98. The standard InChI is InChI=1S/C25H28N2O3/c1-4-15-30-21-11-9-19(10-12-21)22-23(25(29)27(17(2)3)24(22)28)26-14-13-18-7-5-6-8-20(18)16-26/h5-12,17H,4,13-16H2,1-3H3. The maximum atomic E-state index is 13.3. The van der Waals surface area contributed by atoms with Gasteiger partial charge in [0.15, 0.2) is 0 Å². The van der Waals surface area contributed by atoms with Gasteiger partial charge < -0.3 is 9.64 Å². The lowest BCUT2D eigenvalue weighted by Gasteiger charge is -2.31. The van der Waals surface area contributed by atoms with Crippen molar-refractivity contribution in [1.82, 2.24) is 9.80 Å². The number of carbonyl (C=O) groups excluding carboxylic acids is 2. The van der Waals surface area contributed by atoms with Crippen LogP contribution in [0.2, 0.25) is 0 Å². The van der Waals surface area contributed by atoms with Gasteiger partial charge in [0, 0.05) is 19.1 Å². The van der Waals surface area contributed by atoms with Gasteiger partial charge in [-0.25, -0.2) is 0 Å². The van der Waals surface area contributed by atoms with E-state index in [1.807, 2.05) is 50.2 Å². The first-order valence-corrected chi connectivity index (χ1v) is 10.7. The van der Waals surface area contributed by atoms with E-state index in [0.717, 1.165) is 30.7 Å². The van der Waals surface area contributed by atoms with Gasteiger partial charge in [-0.05, 0) is 55.5 Å². The molecule has 0 radical (unpaired) electrons. The number of amides is 2. The Kier molecular flexibility index (Phi) is 5.62. The van der Waals surface area contributed by atoms with E-state index in [1.54, 1.807) is 0 Å². The highest BCUT2D eigenvalue weighted by molar-refractivity contribution is 6.35. The first-order chi connectivity index (χ1) is 14.5. The Bertz CT molecular complexity index is 992. The molecule has 0 unspecified atom stereocenters. The molecule has 0 fully saturated rings. The van der Waals surface area contributed by atoms with E-state index in [1.165, 1.54) is 16.0 Å². The van der Waals surface area contributed by atoms with E-state index < -0.39 is 0 Å². The second kappa shape index (κ2) is 8.34. The Hall–Kier alpha value is -3.08. The van der Waals surface area contributed by atoms with Crippen molar-refractivity contribution in [2.24, 2.45) is 0 Å². The molecule has 2 aromatic rings. The molecule has 0 atom stereocenters. The van der Waals surface area contributed by atoms with Crippen molar-refractivity contribution in [3.8, 4) is 5.75 Å². The maximum Gasteiger partial charge on any atom is 0.278 e. The van der Waals surface area contributed by atoms with Crippen LogP contribution in [0.4, 0.5) is 0 Å². The summed E-state index contributed by atoms with van der Waals surface area (Å²) in [6.45, 7) is 7.83. The molecule has 5 nitrogen and oxygen atoms in total. The monoisotopic (exact) mass is 404 g/mol. The van der Waals surface area contributed by atoms with Gasteiger partial charge in [0.2, 0.25) is 0 Å².